The summed E-state index contributed by atoms with van der Waals surface area (Å²) >= 11 is 0. The fraction of sp³-hybridized carbons (Fsp3) is 0.429. The van der Waals surface area contributed by atoms with Crippen molar-refractivity contribution in [2.45, 2.75) is 19.6 Å². The Morgan fingerprint density at radius 2 is 1.88 bits per heavy atom. The van der Waals surface area contributed by atoms with E-state index in [-0.39, 0.29) is 0 Å². The van der Waals surface area contributed by atoms with Gasteiger partial charge in [0.05, 0.1) is 0 Å². The van der Waals surface area contributed by atoms with Crippen LogP contribution in [0.2, 0.25) is 19.6 Å². The molecule has 0 nitrogen and oxygen atoms in total. The third-order valence-electron chi connectivity index (χ3n) is 0.549. The van der Waals surface area contributed by atoms with Crippen LogP contribution in [0.4, 0.5) is 0 Å². The Hall–Kier alpha value is -0.483. The summed E-state index contributed by atoms with van der Waals surface area (Å²) in [6.45, 7) is 10.1. The molecule has 0 spiro atoms. The fourth-order valence-corrected chi connectivity index (χ4v) is 0.803. The van der Waals surface area contributed by atoms with Gasteiger partial charge in [-0.2, -0.15) is 0 Å². The first-order valence-corrected chi connectivity index (χ1v) is 6.20. The van der Waals surface area contributed by atoms with Crippen molar-refractivity contribution in [2.24, 2.45) is 0 Å². The van der Waals surface area contributed by atoms with E-state index >= 15 is 0 Å². The summed E-state index contributed by atoms with van der Waals surface area (Å²) in [5.74, 6) is 2.86. The van der Waals surface area contributed by atoms with E-state index in [9.17, 15) is 0 Å². The van der Waals surface area contributed by atoms with Gasteiger partial charge in [-0.15, -0.1) is 5.54 Å². The first-order valence-electron chi connectivity index (χ1n) is 2.70. The second-order valence-electron chi connectivity index (χ2n) is 2.72. The third-order valence-corrected chi connectivity index (χ3v) is 1.44. The molecular weight excluding hydrogens is 112 g/mol. The van der Waals surface area contributed by atoms with Crippen molar-refractivity contribution in [3.8, 4) is 11.5 Å². The van der Waals surface area contributed by atoms with Crippen molar-refractivity contribution in [3.63, 3.8) is 0 Å². The van der Waals surface area contributed by atoms with E-state index in [4.69, 9.17) is 0 Å². The largest absolute Gasteiger partial charge is 0.129 e. The highest BCUT2D eigenvalue weighted by atomic mass is 28.3. The standard InChI is InChI=1S/C7H12Si/c1-5-6-7-8(2,3)4/h5H,1H2,2-4H3. The summed E-state index contributed by atoms with van der Waals surface area (Å²) in [5.41, 5.74) is 3.14. The highest BCUT2D eigenvalue weighted by Crippen LogP contribution is 1.95. The van der Waals surface area contributed by atoms with Crippen molar-refractivity contribution in [2.75, 3.05) is 0 Å². The maximum Gasteiger partial charge on any atom is 0.129 e. The van der Waals surface area contributed by atoms with E-state index in [0.717, 1.165) is 0 Å². The number of hydrogen-bond donors (Lipinski definition) is 0. The number of rotatable bonds is 0. The molecule has 0 aliphatic rings. The molecule has 0 rings (SSSR count). The van der Waals surface area contributed by atoms with Crippen LogP contribution in [0, 0.1) is 11.5 Å². The van der Waals surface area contributed by atoms with E-state index in [1.807, 2.05) is 0 Å². The molecule has 0 N–H and O–H groups in total. The predicted octanol–water partition coefficient (Wildman–Crippen LogP) is 2.05. The first-order chi connectivity index (χ1) is 3.56. The van der Waals surface area contributed by atoms with Crippen LogP contribution in [0.25, 0.3) is 0 Å². The molecule has 0 aliphatic carbocycles. The second kappa shape index (κ2) is 2.73. The van der Waals surface area contributed by atoms with Crippen LogP contribution in [-0.2, 0) is 0 Å². The van der Waals surface area contributed by atoms with E-state index in [1.54, 1.807) is 6.08 Å². The van der Waals surface area contributed by atoms with Gasteiger partial charge >= 0.3 is 0 Å². The number of hydrogen-bond acceptors (Lipinski definition) is 0. The van der Waals surface area contributed by atoms with Crippen LogP contribution in [0.5, 0.6) is 0 Å². The molecular formula is C7H12Si. The average molecular weight is 124 g/mol. The maximum absolute atomic E-state index is 3.51. The van der Waals surface area contributed by atoms with Gasteiger partial charge in [-0.25, -0.2) is 0 Å². The monoisotopic (exact) mass is 124 g/mol. The van der Waals surface area contributed by atoms with Gasteiger partial charge in [0, 0.05) is 0 Å². The first kappa shape index (κ1) is 7.52. The smallest absolute Gasteiger partial charge is 0.127 e. The molecule has 0 radical (unpaired) electrons. The molecule has 0 fully saturated rings. The minimum absolute atomic E-state index is 1.11. The lowest BCUT2D eigenvalue weighted by atomic mass is 10.7. The summed E-state index contributed by atoms with van der Waals surface area (Å²) < 4.78 is 0. The van der Waals surface area contributed by atoms with Gasteiger partial charge in [0.2, 0.25) is 0 Å². The Bertz CT molecular complexity index is 129. The van der Waals surface area contributed by atoms with E-state index < -0.39 is 8.07 Å². The SMILES string of the molecule is C=CC#C[Si](C)(C)C. The van der Waals surface area contributed by atoms with Crippen molar-refractivity contribution in [1.82, 2.24) is 0 Å². The molecule has 0 saturated carbocycles. The summed E-state index contributed by atoms with van der Waals surface area (Å²) in [6, 6.07) is 0. The highest BCUT2D eigenvalue weighted by Gasteiger charge is 2.06. The fourth-order valence-electron chi connectivity index (χ4n) is 0.268. The van der Waals surface area contributed by atoms with E-state index in [0.29, 0.717) is 0 Å². The van der Waals surface area contributed by atoms with Crippen LogP contribution in [-0.4, -0.2) is 8.07 Å². The summed E-state index contributed by atoms with van der Waals surface area (Å²) in [7, 11) is -1.11. The molecule has 0 aromatic rings. The Morgan fingerprint density at radius 1 is 1.38 bits per heavy atom. The van der Waals surface area contributed by atoms with Gasteiger partial charge in [-0.05, 0) is 6.08 Å². The zero-order valence-corrected chi connectivity index (χ0v) is 6.78. The molecule has 0 bridgehead atoms. The zero-order valence-electron chi connectivity index (χ0n) is 5.78. The van der Waals surface area contributed by atoms with Crippen LogP contribution < -0.4 is 0 Å². The minimum atomic E-state index is -1.11. The Kier molecular flexibility index (Phi) is 2.57. The third kappa shape index (κ3) is 5.52. The van der Waals surface area contributed by atoms with E-state index in [2.05, 4.69) is 37.7 Å². The quantitative estimate of drug-likeness (QED) is 0.342. The highest BCUT2D eigenvalue weighted by molar-refractivity contribution is 6.83. The lowest BCUT2D eigenvalue weighted by molar-refractivity contribution is 1.81. The molecule has 8 heavy (non-hydrogen) atoms. The average Bonchev–Trinajstić information content (AvgIpc) is 1.59. The summed E-state index contributed by atoms with van der Waals surface area (Å²) in [4.78, 5) is 0. The molecule has 0 atom stereocenters. The molecule has 0 unspecified atom stereocenters. The molecule has 0 heterocycles. The Morgan fingerprint density at radius 3 is 2.00 bits per heavy atom. The topological polar surface area (TPSA) is 0 Å². The Labute approximate surface area is 52.6 Å². The molecule has 0 aromatic carbocycles. The summed E-state index contributed by atoms with van der Waals surface area (Å²) in [6.07, 6.45) is 1.65. The lowest BCUT2D eigenvalue weighted by Crippen LogP contribution is -2.16. The van der Waals surface area contributed by atoms with Gasteiger partial charge in [-0.3, -0.25) is 0 Å². The van der Waals surface area contributed by atoms with Gasteiger partial charge in [0.15, 0.2) is 0 Å². The second-order valence-corrected chi connectivity index (χ2v) is 7.47. The number of allylic oxidation sites excluding steroid dienone is 1. The van der Waals surface area contributed by atoms with Crippen LogP contribution in [0.1, 0.15) is 0 Å². The van der Waals surface area contributed by atoms with Gasteiger partial charge in [0.25, 0.3) is 0 Å². The van der Waals surface area contributed by atoms with Crippen molar-refractivity contribution < 1.29 is 0 Å². The van der Waals surface area contributed by atoms with Crippen molar-refractivity contribution in [1.29, 1.82) is 0 Å². The van der Waals surface area contributed by atoms with Crippen molar-refractivity contribution in [3.05, 3.63) is 12.7 Å². The van der Waals surface area contributed by atoms with Gasteiger partial charge < -0.3 is 0 Å². The molecule has 0 saturated heterocycles. The lowest BCUT2D eigenvalue weighted by Gasteiger charge is -2.01. The Balaban J connectivity index is 3.87. The van der Waals surface area contributed by atoms with Gasteiger partial charge in [-0.1, -0.05) is 32.1 Å². The van der Waals surface area contributed by atoms with Crippen molar-refractivity contribution >= 4 is 8.07 Å². The van der Waals surface area contributed by atoms with Crippen LogP contribution in [0.15, 0.2) is 12.7 Å². The van der Waals surface area contributed by atoms with Crippen LogP contribution in [0.3, 0.4) is 0 Å². The zero-order chi connectivity index (χ0) is 6.62. The van der Waals surface area contributed by atoms with E-state index in [1.165, 1.54) is 0 Å². The molecule has 1 heteroatoms. The molecule has 0 aliphatic heterocycles. The van der Waals surface area contributed by atoms with Gasteiger partial charge in [0.1, 0.15) is 8.07 Å². The normalized spacial score (nSPS) is 9.38. The minimum Gasteiger partial charge on any atom is -0.127 e. The molecule has 44 valence electrons. The molecule has 0 amide bonds. The predicted molar refractivity (Wildman–Crippen MR) is 41.3 cm³/mol. The van der Waals surface area contributed by atoms with Crippen LogP contribution >= 0.6 is 0 Å². The maximum atomic E-state index is 3.51. The molecule has 0 aromatic heterocycles. The summed E-state index contributed by atoms with van der Waals surface area (Å²) in [5, 5.41) is 0.